The van der Waals surface area contributed by atoms with E-state index in [1.807, 2.05) is 0 Å². The molecule has 0 amide bonds. The largest absolute Gasteiger partial charge is 0.391 e. The van der Waals surface area contributed by atoms with Gasteiger partial charge in [0.1, 0.15) is 0 Å². The number of ether oxygens (including phenoxy) is 1. The molecule has 0 aromatic rings. The van der Waals surface area contributed by atoms with Crippen LogP contribution in [0.4, 0.5) is 13.2 Å². The van der Waals surface area contributed by atoms with Gasteiger partial charge in [-0.15, -0.1) is 0 Å². The Morgan fingerprint density at radius 2 is 2.00 bits per heavy atom. The fourth-order valence-corrected chi connectivity index (χ4v) is 1.49. The smallest absolute Gasteiger partial charge is 0.376 e. The van der Waals surface area contributed by atoms with Crippen molar-refractivity contribution in [3.63, 3.8) is 0 Å². The van der Waals surface area contributed by atoms with E-state index in [2.05, 4.69) is 0 Å². The highest BCUT2D eigenvalue weighted by molar-refractivity contribution is 4.80. The first-order chi connectivity index (χ1) is 5.99. The molecule has 0 radical (unpaired) electrons. The Bertz CT molecular complexity index is 160. The molecule has 2 N–H and O–H groups in total. The fraction of sp³-hybridized carbons (Fsp3) is 1.00. The van der Waals surface area contributed by atoms with Crippen LogP contribution in [0.5, 0.6) is 0 Å². The third kappa shape index (κ3) is 3.95. The second kappa shape index (κ2) is 4.28. The second-order valence-electron chi connectivity index (χ2n) is 3.37. The average molecular weight is 197 g/mol. The van der Waals surface area contributed by atoms with Gasteiger partial charge in [-0.05, 0) is 19.3 Å². The summed E-state index contributed by atoms with van der Waals surface area (Å²) in [6.45, 7) is -0.262. The van der Waals surface area contributed by atoms with Crippen LogP contribution in [-0.4, -0.2) is 24.9 Å². The van der Waals surface area contributed by atoms with Gasteiger partial charge in [-0.1, -0.05) is 0 Å². The molecule has 0 aliphatic heterocycles. The van der Waals surface area contributed by atoms with Crippen molar-refractivity contribution in [3.05, 3.63) is 0 Å². The van der Waals surface area contributed by atoms with Crippen molar-refractivity contribution >= 4 is 0 Å². The zero-order valence-electron chi connectivity index (χ0n) is 7.31. The van der Waals surface area contributed by atoms with Crippen molar-refractivity contribution in [2.75, 3.05) is 6.61 Å². The molecule has 2 nitrogen and oxygen atoms in total. The minimum Gasteiger partial charge on any atom is -0.376 e. The van der Waals surface area contributed by atoms with Crippen molar-refractivity contribution < 1.29 is 17.9 Å². The lowest BCUT2D eigenvalue weighted by molar-refractivity contribution is -0.149. The van der Waals surface area contributed by atoms with Gasteiger partial charge < -0.3 is 10.5 Å². The standard InChI is InChI=1S/C8H14F3NO/c9-8(10,11)4-5-13-7-3-1-2-6(7)12/h6-7H,1-5,12H2. The predicted molar refractivity (Wildman–Crippen MR) is 42.2 cm³/mol. The Morgan fingerprint density at radius 1 is 1.31 bits per heavy atom. The number of hydrogen-bond acceptors (Lipinski definition) is 2. The summed E-state index contributed by atoms with van der Waals surface area (Å²) in [7, 11) is 0. The number of halogens is 3. The molecule has 0 aromatic carbocycles. The summed E-state index contributed by atoms with van der Waals surface area (Å²) in [5, 5.41) is 0. The van der Waals surface area contributed by atoms with E-state index in [4.69, 9.17) is 10.5 Å². The summed E-state index contributed by atoms with van der Waals surface area (Å²) in [6, 6.07) is -0.0757. The molecule has 0 saturated heterocycles. The van der Waals surface area contributed by atoms with Crippen molar-refractivity contribution in [1.82, 2.24) is 0 Å². The minimum absolute atomic E-state index is 0.0757. The summed E-state index contributed by atoms with van der Waals surface area (Å²) < 4.78 is 40.2. The number of nitrogens with two attached hydrogens (primary N) is 1. The van der Waals surface area contributed by atoms with E-state index in [1.54, 1.807) is 0 Å². The number of alkyl halides is 3. The Hall–Kier alpha value is -0.290. The molecule has 1 fully saturated rings. The molecule has 2 atom stereocenters. The van der Waals surface area contributed by atoms with Crippen LogP contribution in [0.2, 0.25) is 0 Å². The molecule has 1 aliphatic rings. The quantitative estimate of drug-likeness (QED) is 0.749. The van der Waals surface area contributed by atoms with Crippen LogP contribution in [0.3, 0.4) is 0 Å². The van der Waals surface area contributed by atoms with Crippen LogP contribution < -0.4 is 5.73 Å². The Balaban J connectivity index is 2.12. The lowest BCUT2D eigenvalue weighted by atomic mass is 10.2. The third-order valence-electron chi connectivity index (χ3n) is 2.22. The van der Waals surface area contributed by atoms with Gasteiger partial charge in [-0.2, -0.15) is 13.2 Å². The van der Waals surface area contributed by atoms with Gasteiger partial charge in [-0.3, -0.25) is 0 Å². The molecule has 0 aromatic heterocycles. The Kier molecular flexibility index (Phi) is 3.55. The predicted octanol–water partition coefficient (Wildman–Crippen LogP) is 1.84. The highest BCUT2D eigenvalue weighted by Gasteiger charge is 2.29. The third-order valence-corrected chi connectivity index (χ3v) is 2.22. The Labute approximate surface area is 75.2 Å². The maximum Gasteiger partial charge on any atom is 0.391 e. The SMILES string of the molecule is NC1CCCC1OCCC(F)(F)F. The molecule has 0 bridgehead atoms. The average Bonchev–Trinajstić information content (AvgIpc) is 2.34. The van der Waals surface area contributed by atoms with Crippen LogP contribution in [0.25, 0.3) is 0 Å². The molecule has 13 heavy (non-hydrogen) atoms. The van der Waals surface area contributed by atoms with Gasteiger partial charge >= 0.3 is 6.18 Å². The maximum atomic E-state index is 11.7. The second-order valence-corrected chi connectivity index (χ2v) is 3.37. The molecule has 1 rings (SSSR count). The van der Waals surface area contributed by atoms with Crippen molar-refractivity contribution in [2.45, 2.75) is 44.0 Å². The van der Waals surface area contributed by atoms with Crippen molar-refractivity contribution in [3.8, 4) is 0 Å². The van der Waals surface area contributed by atoms with Gasteiger partial charge in [0.2, 0.25) is 0 Å². The summed E-state index contributed by atoms with van der Waals surface area (Å²) in [5.74, 6) is 0. The van der Waals surface area contributed by atoms with Gasteiger partial charge in [0, 0.05) is 6.04 Å². The lowest BCUT2D eigenvalue weighted by Gasteiger charge is -2.16. The summed E-state index contributed by atoms with van der Waals surface area (Å²) in [4.78, 5) is 0. The monoisotopic (exact) mass is 197 g/mol. The zero-order chi connectivity index (χ0) is 9.90. The van der Waals surface area contributed by atoms with E-state index in [0.29, 0.717) is 0 Å². The lowest BCUT2D eigenvalue weighted by Crippen LogP contribution is -2.32. The normalized spacial score (nSPS) is 29.5. The highest BCUT2D eigenvalue weighted by Crippen LogP contribution is 2.23. The molecule has 5 heteroatoms. The van der Waals surface area contributed by atoms with E-state index >= 15 is 0 Å². The van der Waals surface area contributed by atoms with E-state index in [0.717, 1.165) is 19.3 Å². The molecule has 1 saturated carbocycles. The molecular formula is C8H14F3NO. The highest BCUT2D eigenvalue weighted by atomic mass is 19.4. The van der Waals surface area contributed by atoms with E-state index in [1.165, 1.54) is 0 Å². The minimum atomic E-state index is -4.12. The van der Waals surface area contributed by atoms with Crippen LogP contribution in [0, 0.1) is 0 Å². The van der Waals surface area contributed by atoms with Gasteiger partial charge in [0.05, 0.1) is 19.1 Å². The van der Waals surface area contributed by atoms with Crippen LogP contribution >= 0.6 is 0 Å². The first kappa shape index (κ1) is 10.8. The topological polar surface area (TPSA) is 35.2 Å². The van der Waals surface area contributed by atoms with E-state index < -0.39 is 12.6 Å². The molecule has 2 unspecified atom stereocenters. The van der Waals surface area contributed by atoms with Gasteiger partial charge in [-0.25, -0.2) is 0 Å². The van der Waals surface area contributed by atoms with Gasteiger partial charge in [0.25, 0.3) is 0 Å². The van der Waals surface area contributed by atoms with Crippen LogP contribution in [0.15, 0.2) is 0 Å². The molecule has 0 spiro atoms. The van der Waals surface area contributed by atoms with E-state index in [9.17, 15) is 13.2 Å². The first-order valence-corrected chi connectivity index (χ1v) is 4.43. The number of hydrogen-bond donors (Lipinski definition) is 1. The molecule has 78 valence electrons. The summed E-state index contributed by atoms with van der Waals surface area (Å²) >= 11 is 0. The molecular weight excluding hydrogens is 183 g/mol. The first-order valence-electron chi connectivity index (χ1n) is 4.43. The van der Waals surface area contributed by atoms with Crippen LogP contribution in [-0.2, 0) is 4.74 Å². The number of rotatable bonds is 3. The maximum absolute atomic E-state index is 11.7. The van der Waals surface area contributed by atoms with Crippen LogP contribution in [0.1, 0.15) is 25.7 Å². The Morgan fingerprint density at radius 3 is 2.46 bits per heavy atom. The molecule has 1 aliphatic carbocycles. The fourth-order valence-electron chi connectivity index (χ4n) is 1.49. The van der Waals surface area contributed by atoms with Gasteiger partial charge in [0.15, 0.2) is 0 Å². The van der Waals surface area contributed by atoms with E-state index in [-0.39, 0.29) is 18.8 Å². The zero-order valence-corrected chi connectivity index (χ0v) is 7.31. The summed E-state index contributed by atoms with van der Waals surface area (Å²) in [5.41, 5.74) is 5.62. The molecule has 0 heterocycles. The van der Waals surface area contributed by atoms with Crippen molar-refractivity contribution in [1.29, 1.82) is 0 Å². The summed E-state index contributed by atoms with van der Waals surface area (Å²) in [6.07, 6.45) is -2.56. The van der Waals surface area contributed by atoms with Crippen molar-refractivity contribution in [2.24, 2.45) is 5.73 Å².